The van der Waals surface area contributed by atoms with E-state index in [9.17, 15) is 14.4 Å². The third-order valence-electron chi connectivity index (χ3n) is 6.79. The van der Waals surface area contributed by atoms with Crippen LogP contribution in [0, 0.1) is 5.92 Å². The van der Waals surface area contributed by atoms with Gasteiger partial charge in [-0.3, -0.25) is 24.6 Å². The van der Waals surface area contributed by atoms with Crippen molar-refractivity contribution in [3.05, 3.63) is 34.9 Å². The molecule has 3 saturated heterocycles. The van der Waals surface area contributed by atoms with Crippen LogP contribution < -0.4 is 10.6 Å². The molecular formula is C21H26N4O3. The number of likely N-dealkylation sites (tertiary alicyclic amines) is 1. The number of nitrogens with zero attached hydrogens (tertiary/aromatic N) is 2. The molecule has 1 unspecified atom stereocenters. The third kappa shape index (κ3) is 3.02. The number of fused-ring (bicyclic) bond motifs is 2. The summed E-state index contributed by atoms with van der Waals surface area (Å²) in [5, 5.41) is 5.97. The summed E-state index contributed by atoms with van der Waals surface area (Å²) in [7, 11) is 0. The van der Waals surface area contributed by atoms with Gasteiger partial charge in [-0.2, -0.15) is 0 Å². The number of rotatable bonds is 3. The van der Waals surface area contributed by atoms with Crippen molar-refractivity contribution in [2.24, 2.45) is 5.92 Å². The molecule has 3 fully saturated rings. The average molecular weight is 382 g/mol. The third-order valence-corrected chi connectivity index (χ3v) is 6.79. The van der Waals surface area contributed by atoms with Crippen LogP contribution >= 0.6 is 0 Å². The molecule has 0 aromatic heterocycles. The molecule has 4 aliphatic rings. The van der Waals surface area contributed by atoms with Crippen LogP contribution in [0.25, 0.3) is 0 Å². The van der Waals surface area contributed by atoms with Gasteiger partial charge in [-0.1, -0.05) is 18.2 Å². The van der Waals surface area contributed by atoms with Gasteiger partial charge in [-0.05, 0) is 49.4 Å². The van der Waals surface area contributed by atoms with Gasteiger partial charge >= 0.3 is 0 Å². The molecule has 7 nitrogen and oxygen atoms in total. The Balaban J connectivity index is 1.34. The smallest absolute Gasteiger partial charge is 0.255 e. The zero-order chi connectivity index (χ0) is 19.3. The topological polar surface area (TPSA) is 81.8 Å². The van der Waals surface area contributed by atoms with Crippen molar-refractivity contribution < 1.29 is 14.4 Å². The van der Waals surface area contributed by atoms with Gasteiger partial charge in [0.05, 0.1) is 0 Å². The van der Waals surface area contributed by atoms with Crippen LogP contribution in [0.15, 0.2) is 18.2 Å². The summed E-state index contributed by atoms with van der Waals surface area (Å²) in [5.74, 6) is 0.111. The van der Waals surface area contributed by atoms with Gasteiger partial charge in [0.25, 0.3) is 5.91 Å². The van der Waals surface area contributed by atoms with E-state index in [-0.39, 0.29) is 24.1 Å². The lowest BCUT2D eigenvalue weighted by atomic mass is 9.92. The van der Waals surface area contributed by atoms with Gasteiger partial charge in [0.1, 0.15) is 6.04 Å². The second-order valence-electron chi connectivity index (χ2n) is 8.48. The minimum Gasteiger partial charge on any atom is -0.322 e. The number of carbonyl (C=O) groups is 3. The fourth-order valence-electron chi connectivity index (χ4n) is 5.31. The highest BCUT2D eigenvalue weighted by Crippen LogP contribution is 2.32. The van der Waals surface area contributed by atoms with Crippen LogP contribution in [0.1, 0.15) is 47.2 Å². The van der Waals surface area contributed by atoms with Gasteiger partial charge < -0.3 is 10.2 Å². The lowest BCUT2D eigenvalue weighted by molar-refractivity contribution is -0.136. The molecule has 4 heterocycles. The highest BCUT2D eigenvalue weighted by molar-refractivity contribution is 6.05. The maximum Gasteiger partial charge on any atom is 0.255 e. The molecule has 0 aliphatic carbocycles. The van der Waals surface area contributed by atoms with Crippen molar-refractivity contribution >= 4 is 17.7 Å². The fraction of sp³-hybridized carbons (Fsp3) is 0.571. The molecule has 5 rings (SSSR count). The zero-order valence-corrected chi connectivity index (χ0v) is 15.9. The predicted molar refractivity (Wildman–Crippen MR) is 102 cm³/mol. The number of carbonyl (C=O) groups excluding carboxylic acids is 3. The quantitative estimate of drug-likeness (QED) is 0.750. The van der Waals surface area contributed by atoms with Crippen LogP contribution in [0.3, 0.4) is 0 Å². The maximum atomic E-state index is 13.2. The van der Waals surface area contributed by atoms with E-state index in [1.165, 1.54) is 12.8 Å². The van der Waals surface area contributed by atoms with Gasteiger partial charge in [0.15, 0.2) is 0 Å². The molecule has 2 N–H and O–H groups in total. The Bertz CT molecular complexity index is 839. The number of imide groups is 1. The van der Waals surface area contributed by atoms with Crippen molar-refractivity contribution in [3.8, 4) is 0 Å². The first-order valence-electron chi connectivity index (χ1n) is 10.3. The lowest BCUT2D eigenvalue weighted by Crippen LogP contribution is -2.52. The number of hydrogen-bond donors (Lipinski definition) is 2. The molecule has 7 heteroatoms. The molecule has 3 amide bonds. The number of piperidine rings is 2. The monoisotopic (exact) mass is 382 g/mol. The van der Waals surface area contributed by atoms with Crippen molar-refractivity contribution in [2.75, 3.05) is 19.6 Å². The van der Waals surface area contributed by atoms with Crippen molar-refractivity contribution in [1.82, 2.24) is 20.4 Å². The van der Waals surface area contributed by atoms with E-state index in [1.807, 2.05) is 18.2 Å². The van der Waals surface area contributed by atoms with Crippen LogP contribution in [0.4, 0.5) is 0 Å². The summed E-state index contributed by atoms with van der Waals surface area (Å²) >= 11 is 0. The normalized spacial score (nSPS) is 30.4. The maximum absolute atomic E-state index is 13.2. The van der Waals surface area contributed by atoms with Gasteiger partial charge in [0, 0.05) is 37.7 Å². The highest BCUT2D eigenvalue weighted by Gasteiger charge is 2.40. The molecule has 28 heavy (non-hydrogen) atoms. The van der Waals surface area contributed by atoms with E-state index in [1.54, 1.807) is 4.90 Å². The van der Waals surface area contributed by atoms with E-state index >= 15 is 0 Å². The second-order valence-corrected chi connectivity index (χ2v) is 8.48. The molecule has 0 saturated carbocycles. The molecule has 148 valence electrons. The second kappa shape index (κ2) is 6.97. The number of amides is 3. The minimum absolute atomic E-state index is 0.0750. The lowest BCUT2D eigenvalue weighted by Gasteiger charge is -2.35. The Kier molecular flexibility index (Phi) is 4.44. The van der Waals surface area contributed by atoms with Crippen molar-refractivity contribution in [3.63, 3.8) is 0 Å². The van der Waals surface area contributed by atoms with Crippen molar-refractivity contribution in [2.45, 2.75) is 50.9 Å². The van der Waals surface area contributed by atoms with Crippen LogP contribution in [-0.2, 0) is 22.7 Å². The summed E-state index contributed by atoms with van der Waals surface area (Å²) in [6.45, 7) is 4.42. The van der Waals surface area contributed by atoms with Gasteiger partial charge in [-0.25, -0.2) is 0 Å². The fourth-order valence-corrected chi connectivity index (χ4v) is 5.31. The number of nitrogens with one attached hydrogen (secondary N) is 2. The predicted octanol–water partition coefficient (Wildman–Crippen LogP) is 0.631. The van der Waals surface area contributed by atoms with E-state index in [0.29, 0.717) is 19.0 Å². The SMILES string of the molecule is O=C1CCC(N2Cc3cccc(CN4CC[C@H]5CCN[C@H]5C4)c3C2=O)C(=O)N1. The summed E-state index contributed by atoms with van der Waals surface area (Å²) in [4.78, 5) is 41.0. The summed E-state index contributed by atoms with van der Waals surface area (Å²) in [6.07, 6.45) is 3.18. The van der Waals surface area contributed by atoms with E-state index in [4.69, 9.17) is 0 Å². The van der Waals surface area contributed by atoms with E-state index in [0.717, 1.165) is 48.8 Å². The standard InChI is InChI=1S/C21H26N4O3/c26-18-5-4-17(20(27)23-18)25-11-15-3-1-2-14(19(15)21(25)28)10-24-9-7-13-6-8-22-16(13)12-24/h1-3,13,16-17,22H,4-12H2,(H,23,26,27)/t13-,16+,17?/m1/s1. The average Bonchev–Trinajstić information content (AvgIpc) is 3.27. The molecular weight excluding hydrogens is 356 g/mol. The molecule has 1 aromatic carbocycles. The largest absolute Gasteiger partial charge is 0.322 e. The van der Waals surface area contributed by atoms with E-state index in [2.05, 4.69) is 15.5 Å². The highest BCUT2D eigenvalue weighted by atomic mass is 16.2. The number of hydrogen-bond acceptors (Lipinski definition) is 5. The Morgan fingerprint density at radius 2 is 2.00 bits per heavy atom. The van der Waals surface area contributed by atoms with Crippen LogP contribution in [0.5, 0.6) is 0 Å². The van der Waals surface area contributed by atoms with Gasteiger partial charge in [-0.15, -0.1) is 0 Å². The van der Waals surface area contributed by atoms with Gasteiger partial charge in [0.2, 0.25) is 11.8 Å². The first kappa shape index (κ1) is 17.8. The van der Waals surface area contributed by atoms with Crippen LogP contribution in [-0.4, -0.2) is 59.2 Å². The number of benzene rings is 1. The Hall–Kier alpha value is -2.25. The molecule has 0 spiro atoms. The first-order chi connectivity index (χ1) is 13.6. The van der Waals surface area contributed by atoms with Crippen molar-refractivity contribution in [1.29, 1.82) is 0 Å². The van der Waals surface area contributed by atoms with Crippen LogP contribution in [0.2, 0.25) is 0 Å². The molecule has 4 aliphatic heterocycles. The Labute approximate surface area is 164 Å². The van der Waals surface area contributed by atoms with E-state index < -0.39 is 6.04 Å². The molecule has 1 aromatic rings. The Morgan fingerprint density at radius 1 is 1.11 bits per heavy atom. The summed E-state index contributed by atoms with van der Waals surface area (Å²) < 4.78 is 0. The summed E-state index contributed by atoms with van der Waals surface area (Å²) in [5.41, 5.74) is 2.79. The first-order valence-corrected chi connectivity index (χ1v) is 10.3. The zero-order valence-electron chi connectivity index (χ0n) is 15.9. The summed E-state index contributed by atoms with van der Waals surface area (Å²) in [6, 6.07) is 6.05. The molecule has 3 atom stereocenters. The minimum atomic E-state index is -0.552. The molecule has 0 radical (unpaired) electrons. The Morgan fingerprint density at radius 3 is 2.86 bits per heavy atom. The molecule has 0 bridgehead atoms.